The molecule has 0 atom stereocenters. The third-order valence-electron chi connectivity index (χ3n) is 2.39. The van der Waals surface area contributed by atoms with Crippen LogP contribution in [0.5, 0.6) is 0 Å². The Hall–Kier alpha value is -1.31. The average molecular weight is 241 g/mol. The van der Waals surface area contributed by atoms with Gasteiger partial charge >= 0.3 is 18.1 Å². The number of rotatable bonds is 3. The maximum atomic E-state index is 12.0. The summed E-state index contributed by atoms with van der Waals surface area (Å²) in [5, 5.41) is 8.52. The van der Waals surface area contributed by atoms with E-state index in [1.807, 2.05) is 0 Å². The fraction of sp³-hybridized carbons (Fsp3) is 0.750. The van der Waals surface area contributed by atoms with Gasteiger partial charge in [-0.05, 0) is 0 Å². The molecule has 1 N–H and O–H groups in total. The van der Waals surface area contributed by atoms with Crippen LogP contribution >= 0.6 is 0 Å². The Bertz CT molecular complexity index is 309. The maximum Gasteiger partial charge on any atom is 0.471 e. The normalized spacial score (nSPS) is 19.1. The van der Waals surface area contributed by atoms with Crippen LogP contribution in [0.2, 0.25) is 0 Å². The zero-order valence-electron chi connectivity index (χ0n) is 8.37. The Morgan fingerprint density at radius 1 is 1.44 bits per heavy atom. The van der Waals surface area contributed by atoms with Crippen LogP contribution in [0.3, 0.4) is 0 Å². The van der Waals surface area contributed by atoms with Crippen LogP contribution in [0.25, 0.3) is 0 Å². The third kappa shape index (κ3) is 2.43. The smallest absolute Gasteiger partial charge is 0.471 e. The van der Waals surface area contributed by atoms with Gasteiger partial charge in [-0.1, -0.05) is 0 Å². The van der Waals surface area contributed by atoms with Gasteiger partial charge in [-0.3, -0.25) is 9.59 Å². The number of hydrogen-bond donors (Lipinski definition) is 1. The van der Waals surface area contributed by atoms with E-state index in [0.717, 1.165) is 0 Å². The van der Waals surface area contributed by atoms with Crippen molar-refractivity contribution in [3.05, 3.63) is 0 Å². The first-order chi connectivity index (χ1) is 7.20. The summed E-state index contributed by atoms with van der Waals surface area (Å²) in [6.45, 7) is -0.706. The Labute approximate surface area is 88.8 Å². The first kappa shape index (κ1) is 12.8. The molecule has 1 aliphatic rings. The number of ether oxygens (including phenoxy) is 1. The molecule has 1 rings (SSSR count). The highest BCUT2D eigenvalue weighted by atomic mass is 19.4. The van der Waals surface area contributed by atoms with Crippen LogP contribution in [0.1, 0.15) is 6.42 Å². The molecular formula is C8H10F3NO4. The number of amides is 1. The maximum absolute atomic E-state index is 12.0. The SMILES string of the molecule is COC1(CC(=O)O)CN(C(=O)C(F)(F)F)C1. The largest absolute Gasteiger partial charge is 0.481 e. The molecule has 5 nitrogen and oxygen atoms in total. The highest BCUT2D eigenvalue weighted by molar-refractivity contribution is 5.83. The zero-order chi connectivity index (χ0) is 12.6. The number of aliphatic carboxylic acids is 1. The third-order valence-corrected chi connectivity index (χ3v) is 2.39. The fourth-order valence-electron chi connectivity index (χ4n) is 1.56. The van der Waals surface area contributed by atoms with Gasteiger partial charge in [0.25, 0.3) is 0 Å². The van der Waals surface area contributed by atoms with Gasteiger partial charge in [0.2, 0.25) is 0 Å². The van der Waals surface area contributed by atoms with Crippen LogP contribution in [-0.2, 0) is 14.3 Å². The van der Waals surface area contributed by atoms with Crippen molar-refractivity contribution < 1.29 is 32.6 Å². The van der Waals surface area contributed by atoms with Crippen molar-refractivity contribution in [2.75, 3.05) is 20.2 Å². The molecule has 1 fully saturated rings. The van der Waals surface area contributed by atoms with E-state index in [-0.39, 0.29) is 13.1 Å². The number of carbonyl (C=O) groups is 2. The fourth-order valence-corrected chi connectivity index (χ4v) is 1.56. The molecule has 0 spiro atoms. The van der Waals surface area contributed by atoms with Crippen LogP contribution in [0, 0.1) is 0 Å². The van der Waals surface area contributed by atoms with Gasteiger partial charge in [0.05, 0.1) is 19.5 Å². The first-order valence-corrected chi connectivity index (χ1v) is 4.33. The van der Waals surface area contributed by atoms with E-state index < -0.39 is 30.1 Å². The number of hydrogen-bond acceptors (Lipinski definition) is 3. The molecule has 0 radical (unpaired) electrons. The minimum Gasteiger partial charge on any atom is -0.481 e. The summed E-state index contributed by atoms with van der Waals surface area (Å²) in [6, 6.07) is 0. The molecule has 0 aromatic heterocycles. The summed E-state index contributed by atoms with van der Waals surface area (Å²) in [5.74, 6) is -3.15. The number of carboxylic acids is 1. The number of carboxylic acid groups (broad SMARTS) is 1. The lowest BCUT2D eigenvalue weighted by molar-refractivity contribution is -0.208. The lowest BCUT2D eigenvalue weighted by atomic mass is 9.90. The van der Waals surface area contributed by atoms with E-state index in [1.165, 1.54) is 7.11 Å². The second kappa shape index (κ2) is 3.93. The van der Waals surface area contributed by atoms with Crippen LogP contribution in [0.15, 0.2) is 0 Å². The highest BCUT2D eigenvalue weighted by Crippen LogP contribution is 2.31. The van der Waals surface area contributed by atoms with Gasteiger partial charge in [0.1, 0.15) is 5.60 Å². The number of alkyl halides is 3. The van der Waals surface area contributed by atoms with Gasteiger partial charge in [0.15, 0.2) is 0 Å². The van der Waals surface area contributed by atoms with Crippen molar-refractivity contribution in [3.63, 3.8) is 0 Å². The molecule has 92 valence electrons. The summed E-state index contributed by atoms with van der Waals surface area (Å²) in [6.07, 6.45) is -5.35. The van der Waals surface area contributed by atoms with E-state index in [4.69, 9.17) is 9.84 Å². The van der Waals surface area contributed by atoms with Crippen molar-refractivity contribution in [1.82, 2.24) is 4.90 Å². The van der Waals surface area contributed by atoms with Crippen LogP contribution < -0.4 is 0 Å². The molecule has 16 heavy (non-hydrogen) atoms. The molecule has 0 aromatic carbocycles. The first-order valence-electron chi connectivity index (χ1n) is 4.33. The number of likely N-dealkylation sites (tertiary alicyclic amines) is 1. The quantitative estimate of drug-likeness (QED) is 0.769. The topological polar surface area (TPSA) is 66.8 Å². The zero-order valence-corrected chi connectivity index (χ0v) is 8.37. The number of methoxy groups -OCH3 is 1. The van der Waals surface area contributed by atoms with E-state index >= 15 is 0 Å². The molecule has 0 bridgehead atoms. The molecule has 0 aliphatic carbocycles. The van der Waals surface area contributed by atoms with Crippen molar-refractivity contribution >= 4 is 11.9 Å². The lowest BCUT2D eigenvalue weighted by Crippen LogP contribution is -2.67. The van der Waals surface area contributed by atoms with E-state index in [9.17, 15) is 22.8 Å². The molecule has 1 amide bonds. The average Bonchev–Trinajstić information content (AvgIpc) is 2.07. The summed E-state index contributed by atoms with van der Waals surface area (Å²) in [7, 11) is 1.21. The predicted molar refractivity (Wildman–Crippen MR) is 44.6 cm³/mol. The molecule has 1 heterocycles. The number of nitrogens with zero attached hydrogens (tertiary/aromatic N) is 1. The number of halogens is 3. The molecule has 0 aromatic rings. The molecule has 0 unspecified atom stereocenters. The van der Waals surface area contributed by atoms with E-state index in [0.29, 0.717) is 4.90 Å². The second-order valence-corrected chi connectivity index (χ2v) is 3.62. The summed E-state index contributed by atoms with van der Waals surface area (Å²) >= 11 is 0. The van der Waals surface area contributed by atoms with Crippen molar-refractivity contribution in [2.24, 2.45) is 0 Å². The summed E-state index contributed by atoms with van der Waals surface area (Å²) in [5.41, 5.74) is -1.19. The van der Waals surface area contributed by atoms with Gasteiger partial charge in [-0.2, -0.15) is 13.2 Å². The van der Waals surface area contributed by atoms with Gasteiger partial charge < -0.3 is 14.7 Å². The van der Waals surface area contributed by atoms with E-state index in [1.54, 1.807) is 0 Å². The Kier molecular flexibility index (Phi) is 3.13. The predicted octanol–water partition coefficient (Wildman–Crippen LogP) is 0.251. The van der Waals surface area contributed by atoms with Gasteiger partial charge in [-0.15, -0.1) is 0 Å². The highest BCUT2D eigenvalue weighted by Gasteiger charge is 2.53. The molecule has 8 heteroatoms. The van der Waals surface area contributed by atoms with Crippen LogP contribution in [-0.4, -0.2) is 53.9 Å². The molecule has 0 saturated carbocycles. The van der Waals surface area contributed by atoms with Crippen molar-refractivity contribution in [1.29, 1.82) is 0 Å². The monoisotopic (exact) mass is 241 g/mol. The Balaban J connectivity index is 2.58. The molecule has 1 aliphatic heterocycles. The second-order valence-electron chi connectivity index (χ2n) is 3.62. The van der Waals surface area contributed by atoms with Crippen molar-refractivity contribution in [3.8, 4) is 0 Å². The minimum absolute atomic E-state index is 0.353. The van der Waals surface area contributed by atoms with Crippen molar-refractivity contribution in [2.45, 2.75) is 18.2 Å². The molecule has 1 saturated heterocycles. The van der Waals surface area contributed by atoms with E-state index in [2.05, 4.69) is 0 Å². The Morgan fingerprint density at radius 3 is 2.25 bits per heavy atom. The summed E-state index contributed by atoms with van der Waals surface area (Å²) < 4.78 is 40.8. The van der Waals surface area contributed by atoms with Gasteiger partial charge in [0, 0.05) is 7.11 Å². The van der Waals surface area contributed by atoms with Crippen LogP contribution in [0.4, 0.5) is 13.2 Å². The lowest BCUT2D eigenvalue weighted by Gasteiger charge is -2.48. The Morgan fingerprint density at radius 2 is 1.94 bits per heavy atom. The minimum atomic E-state index is -4.93. The molecular weight excluding hydrogens is 231 g/mol. The number of carbonyl (C=O) groups excluding carboxylic acids is 1. The standard InChI is InChI=1S/C8H10F3NO4/c1-16-7(2-5(13)14)3-12(4-7)6(15)8(9,10)11/h2-4H2,1H3,(H,13,14). The summed E-state index contributed by atoms with van der Waals surface area (Å²) in [4.78, 5) is 21.7. The van der Waals surface area contributed by atoms with Gasteiger partial charge in [-0.25, -0.2) is 0 Å².